The molecule has 2 heterocycles. The highest BCUT2D eigenvalue weighted by Gasteiger charge is 2.38. The van der Waals surface area contributed by atoms with Crippen molar-refractivity contribution < 1.29 is 23.1 Å². The van der Waals surface area contributed by atoms with Gasteiger partial charge in [-0.25, -0.2) is 9.78 Å². The van der Waals surface area contributed by atoms with Crippen LogP contribution in [0.5, 0.6) is 0 Å². The zero-order valence-electron chi connectivity index (χ0n) is 16.3. The summed E-state index contributed by atoms with van der Waals surface area (Å²) in [5.74, 6) is -2.17. The van der Waals surface area contributed by atoms with Crippen molar-refractivity contribution in [1.29, 1.82) is 0 Å². The first-order valence-corrected chi connectivity index (χ1v) is 9.28. The van der Waals surface area contributed by atoms with E-state index in [0.29, 0.717) is 5.82 Å². The fraction of sp³-hybridized carbons (Fsp3) is 0.0455. The van der Waals surface area contributed by atoms with E-state index < -0.39 is 12.1 Å². The van der Waals surface area contributed by atoms with Crippen LogP contribution in [0.2, 0.25) is 0 Å². The number of halogens is 3. The predicted octanol–water partition coefficient (Wildman–Crippen LogP) is 4.73. The molecule has 0 amide bonds. The monoisotopic (exact) mass is 439 g/mol. The molecule has 0 aliphatic heterocycles. The van der Waals surface area contributed by atoms with Gasteiger partial charge in [0.2, 0.25) is 5.95 Å². The number of aliphatic carboxylic acids is 1. The van der Waals surface area contributed by atoms with E-state index in [1.807, 2.05) is 24.4 Å². The second-order valence-electron chi connectivity index (χ2n) is 6.88. The number of alkyl halides is 3. The van der Waals surface area contributed by atoms with E-state index in [9.17, 15) is 13.2 Å². The van der Waals surface area contributed by atoms with E-state index >= 15 is 0 Å². The minimum atomic E-state index is -5.08. The number of rotatable bonds is 1. The van der Waals surface area contributed by atoms with E-state index in [1.165, 1.54) is 10.8 Å². The molecule has 0 aliphatic carbocycles. The molecule has 0 unspecified atom stereocenters. The Balaban J connectivity index is 0.000000307. The molecular formula is C22H16F3N5O2. The third-order valence-electron chi connectivity index (χ3n) is 4.87. The normalized spacial score (nSPS) is 11.5. The van der Waals surface area contributed by atoms with Crippen molar-refractivity contribution in [2.75, 3.05) is 11.5 Å². The third kappa shape index (κ3) is 3.73. The van der Waals surface area contributed by atoms with E-state index in [1.54, 1.807) is 0 Å². The number of carboxylic acid groups (broad SMARTS) is 1. The number of benzene rings is 3. The molecule has 0 atom stereocenters. The van der Waals surface area contributed by atoms with Crippen LogP contribution in [-0.2, 0) is 4.79 Å². The van der Waals surface area contributed by atoms with E-state index in [4.69, 9.17) is 21.4 Å². The molecule has 3 aromatic carbocycles. The average Bonchev–Trinajstić information content (AvgIpc) is 3.21. The van der Waals surface area contributed by atoms with Crippen molar-refractivity contribution in [2.24, 2.45) is 0 Å². The molecule has 0 radical (unpaired) electrons. The lowest BCUT2D eigenvalue weighted by Gasteiger charge is -2.11. The fourth-order valence-corrected chi connectivity index (χ4v) is 3.58. The number of carbonyl (C=O) groups is 1. The molecule has 2 aromatic heterocycles. The van der Waals surface area contributed by atoms with Crippen LogP contribution in [0, 0.1) is 0 Å². The van der Waals surface area contributed by atoms with Crippen molar-refractivity contribution in [1.82, 2.24) is 15.0 Å². The zero-order valence-corrected chi connectivity index (χ0v) is 16.3. The molecule has 0 spiro atoms. The number of nitrogens with zero attached hydrogens (tertiary/aromatic N) is 2. The largest absolute Gasteiger partial charge is 0.490 e. The Morgan fingerprint density at radius 3 is 2.34 bits per heavy atom. The maximum atomic E-state index is 10.6. The second kappa shape index (κ2) is 7.73. The minimum Gasteiger partial charge on any atom is -0.475 e. The Morgan fingerprint density at radius 1 is 0.938 bits per heavy atom. The van der Waals surface area contributed by atoms with Crippen LogP contribution in [0.25, 0.3) is 43.7 Å². The number of nitrogen functional groups attached to an aromatic ring is 2. The van der Waals surface area contributed by atoms with Gasteiger partial charge in [-0.15, -0.1) is 0 Å². The summed E-state index contributed by atoms with van der Waals surface area (Å²) in [5, 5.41) is 11.3. The summed E-state index contributed by atoms with van der Waals surface area (Å²) in [6, 6.07) is 18.7. The lowest BCUT2D eigenvalue weighted by atomic mass is 9.95. The summed E-state index contributed by atoms with van der Waals surface area (Å²) in [6.07, 6.45) is -3.17. The number of carboxylic acids is 1. The van der Waals surface area contributed by atoms with Crippen molar-refractivity contribution in [3.05, 3.63) is 60.8 Å². The number of anilines is 2. The number of aromatic amines is 1. The highest BCUT2D eigenvalue weighted by molar-refractivity contribution is 6.17. The molecule has 0 aliphatic rings. The van der Waals surface area contributed by atoms with Gasteiger partial charge in [0.25, 0.3) is 0 Å². The van der Waals surface area contributed by atoms with Gasteiger partial charge in [0, 0.05) is 17.1 Å². The number of nitrogens with two attached hydrogens (primary N) is 2. The SMILES string of the molecule is Nc1nc(N)c2c(cc(-c3cccc4ccccc34)c3[nH]ccc32)n1.O=C(O)C(F)(F)F. The number of H-pyrrole nitrogens is 1. The van der Waals surface area contributed by atoms with E-state index in [-0.39, 0.29) is 5.95 Å². The quantitative estimate of drug-likeness (QED) is 0.299. The molecule has 10 heteroatoms. The summed E-state index contributed by atoms with van der Waals surface area (Å²) in [6.45, 7) is 0. The Kier molecular flexibility index (Phi) is 5.05. The molecule has 0 saturated heterocycles. The van der Waals surface area contributed by atoms with Gasteiger partial charge in [-0.3, -0.25) is 0 Å². The van der Waals surface area contributed by atoms with Gasteiger partial charge in [-0.05, 0) is 28.5 Å². The van der Waals surface area contributed by atoms with Crippen LogP contribution in [0.1, 0.15) is 0 Å². The Bertz CT molecular complexity index is 1470. The first-order chi connectivity index (χ1) is 15.2. The summed E-state index contributed by atoms with van der Waals surface area (Å²) in [5.41, 5.74) is 15.9. The van der Waals surface area contributed by atoms with Crippen molar-refractivity contribution in [3.63, 3.8) is 0 Å². The maximum Gasteiger partial charge on any atom is 0.490 e. The van der Waals surface area contributed by atoms with Gasteiger partial charge in [0.1, 0.15) is 5.82 Å². The van der Waals surface area contributed by atoms with Gasteiger partial charge < -0.3 is 21.6 Å². The van der Waals surface area contributed by atoms with Crippen molar-refractivity contribution in [3.8, 4) is 11.1 Å². The summed E-state index contributed by atoms with van der Waals surface area (Å²) >= 11 is 0. The molecule has 6 N–H and O–H groups in total. The standard InChI is InChI=1S/C20H15N5.C2HF3O2/c21-19-17-14-8-9-23-18(14)15(10-16(17)24-20(22)25-19)13-7-3-5-11-4-1-2-6-12(11)13;3-2(4,5)1(6)7/h1-10,23H,(H4,21,22,24,25);(H,6,7). The number of nitrogens with one attached hydrogen (secondary N) is 1. The molecule has 7 nitrogen and oxygen atoms in total. The number of hydrogen-bond donors (Lipinski definition) is 4. The van der Waals surface area contributed by atoms with Crippen LogP contribution in [0.4, 0.5) is 24.9 Å². The minimum absolute atomic E-state index is 0.184. The van der Waals surface area contributed by atoms with E-state index in [0.717, 1.165) is 32.9 Å². The number of fused-ring (bicyclic) bond motifs is 4. The maximum absolute atomic E-state index is 10.6. The van der Waals surface area contributed by atoms with Gasteiger partial charge in [0.05, 0.1) is 16.4 Å². The first-order valence-electron chi connectivity index (χ1n) is 9.28. The van der Waals surface area contributed by atoms with Crippen molar-refractivity contribution >= 4 is 50.3 Å². The van der Waals surface area contributed by atoms with Crippen LogP contribution in [0.15, 0.2) is 60.8 Å². The molecule has 162 valence electrons. The highest BCUT2D eigenvalue weighted by atomic mass is 19.4. The third-order valence-corrected chi connectivity index (χ3v) is 4.87. The topological polar surface area (TPSA) is 131 Å². The molecule has 0 fully saturated rings. The lowest BCUT2D eigenvalue weighted by Crippen LogP contribution is -2.21. The van der Waals surface area contributed by atoms with Crippen LogP contribution in [-0.4, -0.2) is 32.2 Å². The molecular weight excluding hydrogens is 423 g/mol. The number of hydrogen-bond acceptors (Lipinski definition) is 5. The average molecular weight is 439 g/mol. The second-order valence-corrected chi connectivity index (χ2v) is 6.88. The van der Waals surface area contributed by atoms with Crippen LogP contribution in [0.3, 0.4) is 0 Å². The van der Waals surface area contributed by atoms with Gasteiger partial charge in [-0.1, -0.05) is 42.5 Å². The van der Waals surface area contributed by atoms with Gasteiger partial charge in [0.15, 0.2) is 0 Å². The predicted molar refractivity (Wildman–Crippen MR) is 117 cm³/mol. The van der Waals surface area contributed by atoms with Crippen LogP contribution < -0.4 is 11.5 Å². The molecule has 5 aromatic rings. The zero-order chi connectivity index (χ0) is 23.0. The Hall–Kier alpha value is -4.34. The summed E-state index contributed by atoms with van der Waals surface area (Å²) in [7, 11) is 0. The smallest absolute Gasteiger partial charge is 0.475 e. The Morgan fingerprint density at radius 2 is 1.62 bits per heavy atom. The molecule has 32 heavy (non-hydrogen) atoms. The molecule has 0 bridgehead atoms. The fourth-order valence-electron chi connectivity index (χ4n) is 3.58. The first kappa shape index (κ1) is 20.9. The van der Waals surface area contributed by atoms with Crippen molar-refractivity contribution in [2.45, 2.75) is 6.18 Å². The molecule has 0 saturated carbocycles. The van der Waals surface area contributed by atoms with Gasteiger partial charge >= 0.3 is 12.1 Å². The van der Waals surface area contributed by atoms with E-state index in [2.05, 4.69) is 51.4 Å². The van der Waals surface area contributed by atoms with Gasteiger partial charge in [-0.2, -0.15) is 18.2 Å². The Labute approximate surface area is 178 Å². The van der Waals surface area contributed by atoms with Crippen LogP contribution >= 0.6 is 0 Å². The summed E-state index contributed by atoms with van der Waals surface area (Å²) in [4.78, 5) is 20.8. The highest BCUT2D eigenvalue weighted by Crippen LogP contribution is 2.38. The molecule has 5 rings (SSSR count). The summed E-state index contributed by atoms with van der Waals surface area (Å²) < 4.78 is 31.7. The lowest BCUT2D eigenvalue weighted by molar-refractivity contribution is -0.192. The number of aromatic nitrogens is 3.